The molecule has 0 aliphatic carbocycles. The van der Waals surface area contributed by atoms with Gasteiger partial charge in [-0.05, 0) is 36.8 Å². The highest BCUT2D eigenvalue weighted by molar-refractivity contribution is 9.10. The molecule has 1 amide bonds. The molecule has 0 spiro atoms. The van der Waals surface area contributed by atoms with E-state index in [1.54, 1.807) is 0 Å². The average molecular weight is 333 g/mol. The number of amides is 1. The fourth-order valence-electron chi connectivity index (χ4n) is 1.76. The zero-order valence-electron chi connectivity index (χ0n) is 11.3. The smallest absolute Gasteiger partial charge is 0.238 e. The lowest BCUT2D eigenvalue weighted by molar-refractivity contribution is -0.115. The Morgan fingerprint density at radius 1 is 1.05 bits per heavy atom. The van der Waals surface area contributed by atoms with Crippen LogP contribution in [0.1, 0.15) is 11.1 Å². The Morgan fingerprint density at radius 3 is 2.35 bits per heavy atom. The first-order valence-electron chi connectivity index (χ1n) is 6.45. The number of carbonyl (C=O) groups is 1. The zero-order chi connectivity index (χ0) is 14.4. The van der Waals surface area contributed by atoms with Crippen molar-refractivity contribution in [1.82, 2.24) is 5.32 Å². The van der Waals surface area contributed by atoms with E-state index < -0.39 is 0 Å². The SMILES string of the molecule is Cc1ccc(CNCC(=O)Nc2ccc(Br)cc2)cc1. The van der Waals surface area contributed by atoms with Crippen molar-refractivity contribution < 1.29 is 4.79 Å². The minimum absolute atomic E-state index is 0.0422. The van der Waals surface area contributed by atoms with Crippen molar-refractivity contribution in [1.29, 1.82) is 0 Å². The Morgan fingerprint density at radius 2 is 1.70 bits per heavy atom. The van der Waals surface area contributed by atoms with Gasteiger partial charge >= 0.3 is 0 Å². The number of halogens is 1. The summed E-state index contributed by atoms with van der Waals surface area (Å²) in [4.78, 5) is 11.8. The number of hydrogen-bond donors (Lipinski definition) is 2. The Kier molecular flexibility index (Phi) is 5.32. The number of nitrogens with one attached hydrogen (secondary N) is 2. The van der Waals surface area contributed by atoms with Gasteiger partial charge in [0, 0.05) is 16.7 Å². The molecule has 0 saturated carbocycles. The van der Waals surface area contributed by atoms with Gasteiger partial charge in [-0.15, -0.1) is 0 Å². The first-order chi connectivity index (χ1) is 9.63. The molecule has 0 saturated heterocycles. The molecule has 0 aromatic heterocycles. The van der Waals surface area contributed by atoms with Crippen LogP contribution in [0.2, 0.25) is 0 Å². The van der Waals surface area contributed by atoms with Crippen molar-refractivity contribution in [2.75, 3.05) is 11.9 Å². The van der Waals surface area contributed by atoms with Gasteiger partial charge in [0.25, 0.3) is 0 Å². The van der Waals surface area contributed by atoms with E-state index in [9.17, 15) is 4.79 Å². The molecular weight excluding hydrogens is 316 g/mol. The summed E-state index contributed by atoms with van der Waals surface area (Å²) in [6.45, 7) is 3.04. The maximum absolute atomic E-state index is 11.8. The molecule has 2 aromatic carbocycles. The lowest BCUT2D eigenvalue weighted by Crippen LogP contribution is -2.27. The van der Waals surface area contributed by atoms with Crippen LogP contribution < -0.4 is 10.6 Å². The van der Waals surface area contributed by atoms with E-state index >= 15 is 0 Å². The van der Waals surface area contributed by atoms with E-state index in [1.165, 1.54) is 11.1 Å². The van der Waals surface area contributed by atoms with Crippen LogP contribution in [-0.4, -0.2) is 12.5 Å². The highest BCUT2D eigenvalue weighted by Gasteiger charge is 2.01. The molecule has 3 nitrogen and oxygen atoms in total. The minimum Gasteiger partial charge on any atom is -0.325 e. The maximum Gasteiger partial charge on any atom is 0.238 e. The quantitative estimate of drug-likeness (QED) is 0.879. The lowest BCUT2D eigenvalue weighted by atomic mass is 10.1. The third-order valence-corrected chi connectivity index (χ3v) is 3.39. The molecule has 0 atom stereocenters. The molecule has 0 radical (unpaired) electrons. The fraction of sp³-hybridized carbons (Fsp3) is 0.188. The monoisotopic (exact) mass is 332 g/mol. The number of hydrogen-bond acceptors (Lipinski definition) is 2. The van der Waals surface area contributed by atoms with Crippen molar-refractivity contribution in [3.8, 4) is 0 Å². The Balaban J connectivity index is 1.75. The van der Waals surface area contributed by atoms with Crippen LogP contribution in [0.5, 0.6) is 0 Å². The summed E-state index contributed by atoms with van der Waals surface area (Å²) in [5.74, 6) is -0.0422. The lowest BCUT2D eigenvalue weighted by Gasteiger charge is -2.07. The summed E-state index contributed by atoms with van der Waals surface area (Å²) in [5, 5.41) is 5.97. The second kappa shape index (κ2) is 7.22. The third-order valence-electron chi connectivity index (χ3n) is 2.86. The summed E-state index contributed by atoms with van der Waals surface area (Å²) in [7, 11) is 0. The van der Waals surface area contributed by atoms with Crippen LogP contribution in [-0.2, 0) is 11.3 Å². The van der Waals surface area contributed by atoms with Crippen molar-refractivity contribution in [3.05, 3.63) is 64.1 Å². The summed E-state index contributed by atoms with van der Waals surface area (Å²) in [5.41, 5.74) is 3.21. The molecule has 20 heavy (non-hydrogen) atoms. The largest absolute Gasteiger partial charge is 0.325 e. The van der Waals surface area contributed by atoms with Crippen LogP contribution in [0.25, 0.3) is 0 Å². The van der Waals surface area contributed by atoms with Crippen molar-refractivity contribution in [2.45, 2.75) is 13.5 Å². The summed E-state index contributed by atoms with van der Waals surface area (Å²) >= 11 is 3.36. The van der Waals surface area contributed by atoms with Gasteiger partial charge in [-0.25, -0.2) is 0 Å². The van der Waals surface area contributed by atoms with E-state index in [1.807, 2.05) is 24.3 Å². The van der Waals surface area contributed by atoms with Gasteiger partial charge in [0.2, 0.25) is 5.91 Å². The second-order valence-electron chi connectivity index (χ2n) is 4.64. The van der Waals surface area contributed by atoms with Crippen LogP contribution in [0.3, 0.4) is 0 Å². The molecule has 0 aliphatic rings. The number of rotatable bonds is 5. The van der Waals surface area contributed by atoms with Gasteiger partial charge in [0.15, 0.2) is 0 Å². The number of carbonyl (C=O) groups excluding carboxylic acids is 1. The summed E-state index contributed by atoms with van der Waals surface area (Å²) < 4.78 is 0.994. The first kappa shape index (κ1) is 14.8. The van der Waals surface area contributed by atoms with Crippen LogP contribution in [0, 0.1) is 6.92 Å². The van der Waals surface area contributed by atoms with E-state index in [0.29, 0.717) is 13.1 Å². The normalized spacial score (nSPS) is 10.3. The predicted molar refractivity (Wildman–Crippen MR) is 85.7 cm³/mol. The predicted octanol–water partition coefficient (Wildman–Crippen LogP) is 3.49. The Labute approximate surface area is 127 Å². The fourth-order valence-corrected chi connectivity index (χ4v) is 2.03. The highest BCUT2D eigenvalue weighted by atomic mass is 79.9. The molecule has 2 aromatic rings. The average Bonchev–Trinajstić information content (AvgIpc) is 2.44. The topological polar surface area (TPSA) is 41.1 Å². The van der Waals surface area contributed by atoms with Gasteiger partial charge in [-0.2, -0.15) is 0 Å². The van der Waals surface area contributed by atoms with Crippen LogP contribution in [0.15, 0.2) is 53.0 Å². The minimum atomic E-state index is -0.0422. The van der Waals surface area contributed by atoms with Crippen LogP contribution in [0.4, 0.5) is 5.69 Å². The van der Waals surface area contributed by atoms with Gasteiger partial charge in [0.05, 0.1) is 6.54 Å². The molecule has 0 unspecified atom stereocenters. The van der Waals surface area contributed by atoms with Gasteiger partial charge < -0.3 is 10.6 Å². The van der Waals surface area contributed by atoms with Gasteiger partial charge in [-0.1, -0.05) is 45.8 Å². The van der Waals surface area contributed by atoms with Gasteiger partial charge in [0.1, 0.15) is 0 Å². The highest BCUT2D eigenvalue weighted by Crippen LogP contribution is 2.13. The molecule has 0 fully saturated rings. The van der Waals surface area contributed by atoms with Crippen molar-refractivity contribution in [2.24, 2.45) is 0 Å². The molecule has 0 bridgehead atoms. The number of aryl methyl sites for hydroxylation is 1. The van der Waals surface area contributed by atoms with E-state index in [4.69, 9.17) is 0 Å². The van der Waals surface area contributed by atoms with E-state index in [-0.39, 0.29) is 5.91 Å². The standard InChI is InChI=1S/C16H17BrN2O/c1-12-2-4-13(5-3-12)10-18-11-16(20)19-15-8-6-14(17)7-9-15/h2-9,18H,10-11H2,1H3,(H,19,20). The molecule has 0 aliphatic heterocycles. The van der Waals surface area contributed by atoms with Crippen molar-refractivity contribution in [3.63, 3.8) is 0 Å². The molecule has 104 valence electrons. The molecule has 2 N–H and O–H groups in total. The van der Waals surface area contributed by atoms with Crippen molar-refractivity contribution >= 4 is 27.5 Å². The number of anilines is 1. The zero-order valence-corrected chi connectivity index (χ0v) is 12.9. The summed E-state index contributed by atoms with van der Waals surface area (Å²) in [6, 6.07) is 15.8. The van der Waals surface area contributed by atoms with Gasteiger partial charge in [-0.3, -0.25) is 4.79 Å². The van der Waals surface area contributed by atoms with E-state index in [2.05, 4.69) is 57.8 Å². The molecule has 2 rings (SSSR count). The Bertz CT molecular complexity index is 564. The van der Waals surface area contributed by atoms with E-state index in [0.717, 1.165) is 10.2 Å². The summed E-state index contributed by atoms with van der Waals surface area (Å²) in [6.07, 6.45) is 0. The molecular formula is C16H17BrN2O. The third kappa shape index (κ3) is 4.79. The Hall–Kier alpha value is -1.65. The first-order valence-corrected chi connectivity index (χ1v) is 7.24. The second-order valence-corrected chi connectivity index (χ2v) is 5.56. The molecule has 0 heterocycles. The molecule has 4 heteroatoms. The maximum atomic E-state index is 11.8. The number of benzene rings is 2. The van der Waals surface area contributed by atoms with Crippen LogP contribution >= 0.6 is 15.9 Å².